The maximum atomic E-state index is 11.2. The predicted molar refractivity (Wildman–Crippen MR) is 34.8 cm³/mol. The Kier molecular flexibility index (Phi) is 2.48. The highest BCUT2D eigenvalue weighted by atomic mass is 35.5. The van der Waals surface area contributed by atoms with Crippen LogP contribution in [0.1, 0.15) is 16.3 Å². The molecule has 5 heteroatoms. The van der Waals surface area contributed by atoms with Crippen molar-refractivity contribution in [3.05, 3.63) is 23.7 Å². The topological polar surface area (TPSA) is 39.4 Å². The molecule has 0 amide bonds. The minimum absolute atomic E-state index is 0.138. The highest BCUT2D eigenvalue weighted by Gasteiger charge is 2.12. The van der Waals surface area contributed by atoms with E-state index in [0.717, 1.165) is 0 Å². The van der Waals surface area contributed by atoms with Gasteiger partial charge in [0.2, 0.25) is 5.76 Å². The van der Waals surface area contributed by atoms with Crippen LogP contribution in [0.3, 0.4) is 0 Å². The summed E-state index contributed by atoms with van der Waals surface area (Å²) in [6.07, 6.45) is 0. The Hall–Kier alpha value is -1.03. The van der Waals surface area contributed by atoms with Crippen molar-refractivity contribution < 1.29 is 18.7 Å². The average Bonchev–Trinajstić information content (AvgIpc) is 2.50. The van der Waals surface area contributed by atoms with Crippen molar-refractivity contribution in [1.82, 2.24) is 0 Å². The van der Waals surface area contributed by atoms with Gasteiger partial charge in [0.15, 0.2) is 0 Å². The van der Waals surface area contributed by atoms with Gasteiger partial charge >= 0.3 is 5.97 Å². The molecule has 0 saturated carbocycles. The van der Waals surface area contributed by atoms with Gasteiger partial charge < -0.3 is 4.42 Å². The van der Waals surface area contributed by atoms with Crippen LogP contribution in [-0.2, 0) is 10.8 Å². The Morgan fingerprint density at radius 3 is 2.91 bits per heavy atom. The zero-order chi connectivity index (χ0) is 8.27. The molecule has 0 unspecified atom stereocenters. The monoisotopic (exact) mass is 178 g/mol. The van der Waals surface area contributed by atoms with Crippen molar-refractivity contribution in [2.45, 2.75) is 5.88 Å². The standard InChI is InChI=1S/C6H4ClFO3/c7-3-4-1-2-5(10-4)6(9)11-8/h1-2H,3H2. The third-order valence-electron chi connectivity index (χ3n) is 1.06. The molecule has 1 rings (SSSR count). The molecule has 0 aliphatic heterocycles. The van der Waals surface area contributed by atoms with Crippen LogP contribution in [0.25, 0.3) is 0 Å². The van der Waals surface area contributed by atoms with Gasteiger partial charge in [0.05, 0.1) is 5.88 Å². The van der Waals surface area contributed by atoms with E-state index in [0.29, 0.717) is 5.76 Å². The second-order valence-corrected chi connectivity index (χ2v) is 2.03. The van der Waals surface area contributed by atoms with Crippen molar-refractivity contribution in [2.75, 3.05) is 0 Å². The molecule has 1 heterocycles. The molecule has 0 N–H and O–H groups in total. The molecule has 0 spiro atoms. The van der Waals surface area contributed by atoms with Crippen LogP contribution in [0.4, 0.5) is 4.53 Å². The summed E-state index contributed by atoms with van der Waals surface area (Å²) in [5.41, 5.74) is 0. The van der Waals surface area contributed by atoms with Crippen LogP contribution in [0.5, 0.6) is 0 Å². The van der Waals surface area contributed by atoms with E-state index in [1.54, 1.807) is 0 Å². The van der Waals surface area contributed by atoms with Crippen LogP contribution in [0, 0.1) is 0 Å². The first-order chi connectivity index (χ1) is 5.27. The second-order valence-electron chi connectivity index (χ2n) is 1.76. The molecule has 0 saturated heterocycles. The molecule has 0 aromatic carbocycles. The highest BCUT2D eigenvalue weighted by molar-refractivity contribution is 6.16. The van der Waals surface area contributed by atoms with Gasteiger partial charge in [-0.1, -0.05) is 0 Å². The lowest BCUT2D eigenvalue weighted by Crippen LogP contribution is -1.95. The summed E-state index contributed by atoms with van der Waals surface area (Å²) in [4.78, 5) is 13.3. The van der Waals surface area contributed by atoms with Crippen LogP contribution < -0.4 is 0 Å². The smallest absolute Gasteiger partial charge is 0.414 e. The molecule has 60 valence electrons. The molecule has 1 aromatic heterocycles. The van der Waals surface area contributed by atoms with Crippen molar-refractivity contribution in [2.24, 2.45) is 0 Å². The predicted octanol–water partition coefficient (Wildman–Crippen LogP) is 2.06. The molecule has 0 radical (unpaired) electrons. The number of halogens is 2. The Balaban J connectivity index is 2.80. The number of furan rings is 1. The third kappa shape index (κ3) is 1.71. The van der Waals surface area contributed by atoms with Gasteiger partial charge in [0.25, 0.3) is 0 Å². The molecule has 11 heavy (non-hydrogen) atoms. The first-order valence-electron chi connectivity index (χ1n) is 2.75. The van der Waals surface area contributed by atoms with Gasteiger partial charge in [-0.3, -0.25) is 0 Å². The lowest BCUT2D eigenvalue weighted by Gasteiger charge is -1.87. The largest absolute Gasteiger partial charge is 0.453 e. The maximum Gasteiger partial charge on any atom is 0.414 e. The van der Waals surface area contributed by atoms with Crippen molar-refractivity contribution >= 4 is 17.6 Å². The quantitative estimate of drug-likeness (QED) is 0.651. The van der Waals surface area contributed by atoms with Crippen molar-refractivity contribution in [3.63, 3.8) is 0 Å². The zero-order valence-corrected chi connectivity index (χ0v) is 6.10. The number of carbonyl (C=O) groups is 1. The van der Waals surface area contributed by atoms with Gasteiger partial charge in [-0.25, -0.2) is 9.74 Å². The lowest BCUT2D eigenvalue weighted by atomic mass is 10.4. The fourth-order valence-electron chi connectivity index (χ4n) is 0.597. The summed E-state index contributed by atoms with van der Waals surface area (Å²) in [5.74, 6) is -0.809. The van der Waals surface area contributed by atoms with E-state index in [2.05, 4.69) is 4.94 Å². The normalized spacial score (nSPS) is 9.64. The zero-order valence-electron chi connectivity index (χ0n) is 5.34. The molecule has 0 atom stereocenters. The molecule has 1 aromatic rings. The Bertz CT molecular complexity index is 258. The van der Waals surface area contributed by atoms with Crippen molar-refractivity contribution in [1.29, 1.82) is 0 Å². The van der Waals surface area contributed by atoms with E-state index in [1.165, 1.54) is 12.1 Å². The highest BCUT2D eigenvalue weighted by Crippen LogP contribution is 2.10. The molecule has 0 aliphatic carbocycles. The number of rotatable bonds is 2. The number of carbonyl (C=O) groups excluding carboxylic acids is 1. The lowest BCUT2D eigenvalue weighted by molar-refractivity contribution is -0.0812. The summed E-state index contributed by atoms with van der Waals surface area (Å²) in [5, 5.41) is 0. The summed E-state index contributed by atoms with van der Waals surface area (Å²) in [7, 11) is 0. The first kappa shape index (κ1) is 8.07. The van der Waals surface area contributed by atoms with Gasteiger partial charge in [-0.2, -0.15) is 0 Å². The van der Waals surface area contributed by atoms with Crippen LogP contribution in [-0.4, -0.2) is 5.97 Å². The van der Waals surface area contributed by atoms with E-state index < -0.39 is 5.97 Å². The second kappa shape index (κ2) is 3.39. The minimum Gasteiger partial charge on any atom is -0.453 e. The summed E-state index contributed by atoms with van der Waals surface area (Å²) in [6.45, 7) is 0. The van der Waals surface area contributed by atoms with E-state index in [-0.39, 0.29) is 11.6 Å². The van der Waals surface area contributed by atoms with Gasteiger partial charge in [0.1, 0.15) is 5.76 Å². The summed E-state index contributed by atoms with van der Waals surface area (Å²) < 4.78 is 16.0. The fraction of sp³-hybridized carbons (Fsp3) is 0.167. The third-order valence-corrected chi connectivity index (χ3v) is 1.33. The van der Waals surface area contributed by atoms with Crippen molar-refractivity contribution in [3.8, 4) is 0 Å². The molecule has 0 bridgehead atoms. The van der Waals surface area contributed by atoms with Gasteiger partial charge in [-0.15, -0.1) is 11.6 Å². The van der Waals surface area contributed by atoms with E-state index in [1.807, 2.05) is 0 Å². The number of hydrogen-bond acceptors (Lipinski definition) is 3. The number of alkyl halides is 1. The molecule has 3 nitrogen and oxygen atoms in total. The Morgan fingerprint density at radius 2 is 2.45 bits per heavy atom. The Labute approximate surface area is 66.6 Å². The van der Waals surface area contributed by atoms with E-state index in [9.17, 15) is 9.32 Å². The molecular weight excluding hydrogens is 175 g/mol. The van der Waals surface area contributed by atoms with Crippen LogP contribution in [0.15, 0.2) is 16.5 Å². The summed E-state index contributed by atoms with van der Waals surface area (Å²) in [6, 6.07) is 2.76. The van der Waals surface area contributed by atoms with E-state index in [4.69, 9.17) is 16.0 Å². The average molecular weight is 179 g/mol. The Morgan fingerprint density at radius 1 is 1.73 bits per heavy atom. The van der Waals surface area contributed by atoms with Crippen LogP contribution in [0.2, 0.25) is 0 Å². The summed E-state index contributed by atoms with van der Waals surface area (Å²) >= 11 is 5.35. The fourth-order valence-corrected chi connectivity index (χ4v) is 0.741. The number of hydrogen-bond donors (Lipinski definition) is 0. The molecular formula is C6H4ClFO3. The molecule has 0 fully saturated rings. The molecule has 0 aliphatic rings. The minimum atomic E-state index is -1.15. The maximum absolute atomic E-state index is 11.2. The van der Waals surface area contributed by atoms with Gasteiger partial charge in [-0.05, 0) is 12.1 Å². The van der Waals surface area contributed by atoms with Crippen LogP contribution >= 0.6 is 11.6 Å². The van der Waals surface area contributed by atoms with Gasteiger partial charge in [0, 0.05) is 4.53 Å². The van der Waals surface area contributed by atoms with E-state index >= 15 is 0 Å². The first-order valence-corrected chi connectivity index (χ1v) is 3.29. The SMILES string of the molecule is O=C(OF)c1ccc(CCl)o1.